The standard InChI is InChI=1S/C26H24N2O/c1-19(16-17-20-10-4-2-5-11-20)27-26(29)23-18-25(21-12-6-3-7-13-21)28-24-15-9-8-14-22(23)24/h2-15,18-19H,16-17H2,1H3,(H,27,29). The highest BCUT2D eigenvalue weighted by molar-refractivity contribution is 6.07. The minimum Gasteiger partial charge on any atom is -0.350 e. The van der Waals surface area contributed by atoms with Crippen LogP contribution in [0.15, 0.2) is 91.0 Å². The van der Waals surface area contributed by atoms with Gasteiger partial charge in [0.2, 0.25) is 0 Å². The topological polar surface area (TPSA) is 42.0 Å². The lowest BCUT2D eigenvalue weighted by Crippen LogP contribution is -2.33. The number of carbonyl (C=O) groups is 1. The van der Waals surface area contributed by atoms with E-state index in [-0.39, 0.29) is 11.9 Å². The molecule has 0 spiro atoms. The van der Waals surface area contributed by atoms with Gasteiger partial charge in [-0.2, -0.15) is 0 Å². The molecule has 1 unspecified atom stereocenters. The molecule has 1 aromatic heterocycles. The van der Waals surface area contributed by atoms with Crippen molar-refractivity contribution in [2.45, 2.75) is 25.8 Å². The van der Waals surface area contributed by atoms with E-state index >= 15 is 0 Å². The first-order valence-corrected chi connectivity index (χ1v) is 10.0. The van der Waals surface area contributed by atoms with Crippen LogP contribution in [-0.4, -0.2) is 16.9 Å². The molecule has 0 bridgehead atoms. The van der Waals surface area contributed by atoms with Gasteiger partial charge in [-0.05, 0) is 37.5 Å². The van der Waals surface area contributed by atoms with E-state index in [1.54, 1.807) is 0 Å². The highest BCUT2D eigenvalue weighted by Crippen LogP contribution is 2.25. The average Bonchev–Trinajstić information content (AvgIpc) is 2.78. The zero-order valence-corrected chi connectivity index (χ0v) is 16.5. The SMILES string of the molecule is CC(CCc1ccccc1)NC(=O)c1cc(-c2ccccc2)nc2ccccc12. The summed E-state index contributed by atoms with van der Waals surface area (Å²) in [5.41, 5.74) is 4.60. The van der Waals surface area contributed by atoms with Crippen LogP contribution < -0.4 is 5.32 Å². The number of hydrogen-bond acceptors (Lipinski definition) is 2. The molecule has 0 saturated carbocycles. The summed E-state index contributed by atoms with van der Waals surface area (Å²) < 4.78 is 0. The molecule has 0 aliphatic carbocycles. The van der Waals surface area contributed by atoms with Crippen LogP contribution >= 0.6 is 0 Å². The molecule has 4 aromatic rings. The van der Waals surface area contributed by atoms with E-state index in [0.717, 1.165) is 35.0 Å². The van der Waals surface area contributed by atoms with Crippen LogP contribution in [-0.2, 0) is 6.42 Å². The molecule has 3 aromatic carbocycles. The van der Waals surface area contributed by atoms with Crippen molar-refractivity contribution in [1.29, 1.82) is 0 Å². The molecular formula is C26H24N2O. The van der Waals surface area contributed by atoms with Crippen LogP contribution in [0.4, 0.5) is 0 Å². The number of aromatic nitrogens is 1. The van der Waals surface area contributed by atoms with Crippen molar-refractivity contribution >= 4 is 16.8 Å². The van der Waals surface area contributed by atoms with E-state index in [2.05, 4.69) is 24.4 Å². The van der Waals surface area contributed by atoms with Crippen LogP contribution in [0.2, 0.25) is 0 Å². The van der Waals surface area contributed by atoms with Crippen LogP contribution in [0.1, 0.15) is 29.3 Å². The maximum atomic E-state index is 13.1. The van der Waals surface area contributed by atoms with Crippen LogP contribution in [0.3, 0.4) is 0 Å². The minimum atomic E-state index is -0.0543. The van der Waals surface area contributed by atoms with Crippen molar-refractivity contribution in [2.75, 3.05) is 0 Å². The Bertz CT molecular complexity index is 1110. The van der Waals surface area contributed by atoms with Crippen molar-refractivity contribution < 1.29 is 4.79 Å². The van der Waals surface area contributed by atoms with Crippen LogP contribution in [0.5, 0.6) is 0 Å². The molecule has 144 valence electrons. The predicted molar refractivity (Wildman–Crippen MR) is 119 cm³/mol. The van der Waals surface area contributed by atoms with Gasteiger partial charge in [0.1, 0.15) is 0 Å². The normalized spacial score (nSPS) is 11.9. The van der Waals surface area contributed by atoms with Crippen molar-refractivity contribution in [1.82, 2.24) is 10.3 Å². The van der Waals surface area contributed by atoms with Gasteiger partial charge in [0.25, 0.3) is 5.91 Å². The Morgan fingerprint density at radius 1 is 0.897 bits per heavy atom. The number of para-hydroxylation sites is 1. The fraction of sp³-hybridized carbons (Fsp3) is 0.154. The number of amides is 1. The summed E-state index contributed by atoms with van der Waals surface area (Å²) in [6.07, 6.45) is 1.83. The number of hydrogen-bond donors (Lipinski definition) is 1. The van der Waals surface area contributed by atoms with Gasteiger partial charge in [0.15, 0.2) is 0 Å². The van der Waals surface area contributed by atoms with E-state index in [1.165, 1.54) is 5.56 Å². The molecule has 29 heavy (non-hydrogen) atoms. The third kappa shape index (κ3) is 4.52. The quantitative estimate of drug-likeness (QED) is 0.469. The fourth-order valence-corrected chi connectivity index (χ4v) is 3.52. The summed E-state index contributed by atoms with van der Waals surface area (Å²) in [5.74, 6) is -0.0543. The second-order valence-electron chi connectivity index (χ2n) is 7.34. The van der Waals surface area contributed by atoms with Crippen molar-refractivity contribution in [3.8, 4) is 11.3 Å². The zero-order chi connectivity index (χ0) is 20.1. The molecule has 3 nitrogen and oxygen atoms in total. The summed E-state index contributed by atoms with van der Waals surface area (Å²) in [7, 11) is 0. The second kappa shape index (κ2) is 8.70. The molecule has 1 atom stereocenters. The van der Waals surface area contributed by atoms with E-state index in [1.807, 2.05) is 78.9 Å². The predicted octanol–water partition coefficient (Wildman–Crippen LogP) is 5.65. The molecule has 1 N–H and O–H groups in total. The van der Waals surface area contributed by atoms with Gasteiger partial charge in [-0.15, -0.1) is 0 Å². The van der Waals surface area contributed by atoms with Gasteiger partial charge in [-0.1, -0.05) is 78.9 Å². The Morgan fingerprint density at radius 3 is 2.31 bits per heavy atom. The van der Waals surface area contributed by atoms with E-state index < -0.39 is 0 Å². The summed E-state index contributed by atoms with van der Waals surface area (Å²) >= 11 is 0. The number of rotatable bonds is 6. The molecule has 0 radical (unpaired) electrons. The number of pyridine rings is 1. The van der Waals surface area contributed by atoms with Gasteiger partial charge >= 0.3 is 0 Å². The Morgan fingerprint density at radius 2 is 1.55 bits per heavy atom. The summed E-state index contributed by atoms with van der Waals surface area (Å²) in [4.78, 5) is 17.9. The number of carbonyl (C=O) groups excluding carboxylic acids is 1. The highest BCUT2D eigenvalue weighted by Gasteiger charge is 2.15. The van der Waals surface area contributed by atoms with Gasteiger partial charge in [-0.25, -0.2) is 4.98 Å². The van der Waals surface area contributed by atoms with E-state index in [4.69, 9.17) is 4.98 Å². The van der Waals surface area contributed by atoms with Gasteiger partial charge in [-0.3, -0.25) is 4.79 Å². The summed E-state index contributed by atoms with van der Waals surface area (Å²) in [6, 6.07) is 30.1. The number of benzene rings is 3. The molecule has 3 heteroatoms. The number of nitrogens with one attached hydrogen (secondary N) is 1. The first-order chi connectivity index (χ1) is 14.2. The molecule has 0 aliphatic rings. The molecular weight excluding hydrogens is 356 g/mol. The lowest BCUT2D eigenvalue weighted by molar-refractivity contribution is 0.0940. The summed E-state index contributed by atoms with van der Waals surface area (Å²) in [6.45, 7) is 2.06. The lowest BCUT2D eigenvalue weighted by atomic mass is 10.0. The third-order valence-corrected chi connectivity index (χ3v) is 5.12. The maximum Gasteiger partial charge on any atom is 0.252 e. The lowest BCUT2D eigenvalue weighted by Gasteiger charge is -2.16. The number of nitrogens with zero attached hydrogens (tertiary/aromatic N) is 1. The monoisotopic (exact) mass is 380 g/mol. The molecule has 0 saturated heterocycles. The maximum absolute atomic E-state index is 13.1. The van der Waals surface area contributed by atoms with Gasteiger partial charge < -0.3 is 5.32 Å². The first-order valence-electron chi connectivity index (χ1n) is 10.0. The first kappa shape index (κ1) is 18.9. The Kier molecular flexibility index (Phi) is 5.66. The smallest absolute Gasteiger partial charge is 0.252 e. The highest BCUT2D eigenvalue weighted by atomic mass is 16.1. The number of aryl methyl sites for hydroxylation is 1. The molecule has 1 amide bonds. The van der Waals surface area contributed by atoms with Crippen LogP contribution in [0, 0.1) is 0 Å². The molecule has 1 heterocycles. The third-order valence-electron chi connectivity index (χ3n) is 5.12. The second-order valence-corrected chi connectivity index (χ2v) is 7.34. The molecule has 0 aliphatic heterocycles. The fourth-order valence-electron chi connectivity index (χ4n) is 3.52. The minimum absolute atomic E-state index is 0.0543. The van der Waals surface area contributed by atoms with Crippen molar-refractivity contribution in [3.05, 3.63) is 102 Å². The van der Waals surface area contributed by atoms with Gasteiger partial charge in [0, 0.05) is 17.0 Å². The van der Waals surface area contributed by atoms with Gasteiger partial charge in [0.05, 0.1) is 16.8 Å². The average molecular weight is 380 g/mol. The van der Waals surface area contributed by atoms with Crippen LogP contribution in [0.25, 0.3) is 22.2 Å². The largest absolute Gasteiger partial charge is 0.350 e. The Hall–Kier alpha value is -3.46. The van der Waals surface area contributed by atoms with Crippen molar-refractivity contribution in [3.63, 3.8) is 0 Å². The Labute approximate surface area is 171 Å². The van der Waals surface area contributed by atoms with E-state index in [0.29, 0.717) is 5.56 Å². The zero-order valence-electron chi connectivity index (χ0n) is 16.5. The number of fused-ring (bicyclic) bond motifs is 1. The Balaban J connectivity index is 1.58. The van der Waals surface area contributed by atoms with Crippen molar-refractivity contribution in [2.24, 2.45) is 0 Å². The summed E-state index contributed by atoms with van der Waals surface area (Å²) in [5, 5.41) is 4.05. The van der Waals surface area contributed by atoms with E-state index in [9.17, 15) is 4.79 Å². The molecule has 0 fully saturated rings. The molecule has 4 rings (SSSR count).